The van der Waals surface area contributed by atoms with Gasteiger partial charge in [0.1, 0.15) is 24.2 Å². The van der Waals surface area contributed by atoms with E-state index < -0.39 is 41.9 Å². The highest BCUT2D eigenvalue weighted by Crippen LogP contribution is 2.46. The highest BCUT2D eigenvalue weighted by molar-refractivity contribution is 5.55. The van der Waals surface area contributed by atoms with E-state index >= 15 is 0 Å². The molecule has 196 valence electrons. The van der Waals surface area contributed by atoms with E-state index in [0.717, 1.165) is 23.2 Å². The lowest BCUT2D eigenvalue weighted by molar-refractivity contribution is -0.464. The monoisotopic (exact) mass is 500 g/mol. The van der Waals surface area contributed by atoms with Crippen molar-refractivity contribution in [2.24, 2.45) is 5.92 Å². The van der Waals surface area contributed by atoms with Crippen LogP contribution in [0.1, 0.15) is 31.4 Å². The van der Waals surface area contributed by atoms with Crippen LogP contribution in [0.25, 0.3) is 0 Å². The van der Waals surface area contributed by atoms with E-state index in [4.69, 9.17) is 33.2 Å². The smallest absolute Gasteiger partial charge is 0.220 e. The Labute approximate surface area is 212 Å². The molecule has 2 aromatic carbocycles. The van der Waals surface area contributed by atoms with Crippen molar-refractivity contribution in [3.63, 3.8) is 0 Å². The van der Waals surface area contributed by atoms with Crippen molar-refractivity contribution in [3.8, 4) is 5.75 Å². The molecule has 36 heavy (non-hydrogen) atoms. The second kappa shape index (κ2) is 11.4. The van der Waals surface area contributed by atoms with Gasteiger partial charge in [0, 0.05) is 20.1 Å². The van der Waals surface area contributed by atoms with Crippen molar-refractivity contribution in [3.05, 3.63) is 65.7 Å². The van der Waals surface area contributed by atoms with Gasteiger partial charge in [-0.1, -0.05) is 42.5 Å². The molecule has 0 N–H and O–H groups in total. The van der Waals surface area contributed by atoms with E-state index in [9.17, 15) is 4.79 Å². The van der Waals surface area contributed by atoms with Gasteiger partial charge in [-0.2, -0.15) is 0 Å². The largest absolute Gasteiger partial charge is 0.497 e. The molecule has 0 bridgehead atoms. The molecule has 2 aliphatic rings. The molecule has 1 aliphatic carbocycles. The van der Waals surface area contributed by atoms with Crippen LogP contribution < -0.4 is 4.74 Å². The topological polar surface area (TPSA) is 81.7 Å². The van der Waals surface area contributed by atoms with Crippen LogP contribution in [0, 0.1) is 5.92 Å². The lowest BCUT2D eigenvalue weighted by Gasteiger charge is -2.57. The Balaban J connectivity index is 1.61. The van der Waals surface area contributed by atoms with Crippen LogP contribution >= 0.6 is 0 Å². The molecular formula is C28H36O8. The number of methoxy groups -OCH3 is 3. The second-order valence-corrected chi connectivity index (χ2v) is 9.46. The van der Waals surface area contributed by atoms with Gasteiger partial charge in [-0.15, -0.1) is 0 Å². The summed E-state index contributed by atoms with van der Waals surface area (Å²) in [4.78, 5) is 12.2. The molecule has 0 amide bonds. The van der Waals surface area contributed by atoms with Crippen molar-refractivity contribution >= 4 is 6.29 Å². The molecule has 0 radical (unpaired) electrons. The molecular weight excluding hydrogens is 464 g/mol. The standard InChI is InChI=1S/C28H36O8/c1-27(31-4)28(2,32-5)36-26-24(35-27)21(16-29)15-23(33-17-19-9-7-6-8-10-19)25(26)34-18-20-11-13-22(30-3)14-12-20/h6-14,16,21,23-26H,15,17-18H2,1-5H3/t21-,23-,24+,25+,26-,27-,28-/m0/s1. The van der Waals surface area contributed by atoms with Gasteiger partial charge < -0.3 is 38.0 Å². The Kier molecular flexibility index (Phi) is 8.44. The highest BCUT2D eigenvalue weighted by atomic mass is 16.8. The minimum atomic E-state index is -1.24. The minimum Gasteiger partial charge on any atom is -0.497 e. The van der Waals surface area contributed by atoms with Gasteiger partial charge in [0.2, 0.25) is 11.6 Å². The predicted octanol–water partition coefficient (Wildman–Crippen LogP) is 3.89. The van der Waals surface area contributed by atoms with Gasteiger partial charge in [-0.05, 0) is 43.5 Å². The zero-order chi connectivity index (χ0) is 25.8. The number of carbonyl (C=O) groups excluding carboxylic acids is 1. The first-order valence-electron chi connectivity index (χ1n) is 12.2. The summed E-state index contributed by atoms with van der Waals surface area (Å²) in [5.74, 6) is -2.15. The number of hydrogen-bond acceptors (Lipinski definition) is 8. The molecule has 0 unspecified atom stereocenters. The molecule has 0 spiro atoms. The van der Waals surface area contributed by atoms with Gasteiger partial charge in [0.25, 0.3) is 0 Å². The van der Waals surface area contributed by atoms with Crippen molar-refractivity contribution in [1.82, 2.24) is 0 Å². The van der Waals surface area contributed by atoms with Gasteiger partial charge in [-0.25, -0.2) is 0 Å². The molecule has 1 saturated heterocycles. The Morgan fingerprint density at radius 2 is 1.42 bits per heavy atom. The zero-order valence-electron chi connectivity index (χ0n) is 21.5. The first-order valence-corrected chi connectivity index (χ1v) is 12.2. The third kappa shape index (κ3) is 5.34. The maximum absolute atomic E-state index is 12.2. The Morgan fingerprint density at radius 3 is 2.00 bits per heavy atom. The summed E-state index contributed by atoms with van der Waals surface area (Å²) >= 11 is 0. The third-order valence-corrected chi connectivity index (χ3v) is 7.35. The molecule has 7 atom stereocenters. The van der Waals surface area contributed by atoms with Crippen molar-refractivity contribution in [2.45, 2.75) is 69.5 Å². The Bertz CT molecular complexity index is 983. The molecule has 2 fully saturated rings. The first-order chi connectivity index (χ1) is 17.4. The summed E-state index contributed by atoms with van der Waals surface area (Å²) in [5.41, 5.74) is 2.00. The summed E-state index contributed by atoms with van der Waals surface area (Å²) in [6.45, 7) is 4.22. The van der Waals surface area contributed by atoms with E-state index in [1.165, 1.54) is 14.2 Å². The van der Waals surface area contributed by atoms with Gasteiger partial charge in [0.05, 0.1) is 32.5 Å². The quantitative estimate of drug-likeness (QED) is 0.455. The second-order valence-electron chi connectivity index (χ2n) is 9.46. The van der Waals surface area contributed by atoms with E-state index in [1.807, 2.05) is 54.6 Å². The lowest BCUT2D eigenvalue weighted by atomic mass is 9.79. The number of carbonyl (C=O) groups is 1. The molecule has 1 heterocycles. The van der Waals surface area contributed by atoms with Gasteiger partial charge in [-0.3, -0.25) is 0 Å². The van der Waals surface area contributed by atoms with Crippen LogP contribution in [0.15, 0.2) is 54.6 Å². The number of aldehydes is 1. The summed E-state index contributed by atoms with van der Waals surface area (Å²) in [5, 5.41) is 0. The maximum atomic E-state index is 12.2. The van der Waals surface area contributed by atoms with Gasteiger partial charge >= 0.3 is 0 Å². The minimum absolute atomic E-state index is 0.323. The predicted molar refractivity (Wildman–Crippen MR) is 131 cm³/mol. The summed E-state index contributed by atoms with van der Waals surface area (Å²) < 4.78 is 42.4. The van der Waals surface area contributed by atoms with E-state index in [-0.39, 0.29) is 0 Å². The van der Waals surface area contributed by atoms with Crippen molar-refractivity contribution in [2.75, 3.05) is 21.3 Å². The molecule has 1 saturated carbocycles. The SMILES string of the molecule is COc1ccc(CO[C@H]2[C@H]3O[C@](C)(OC)[C@@](C)(OC)O[C@@H]3[C@H](C=O)C[C@@H]2OCc2ccccc2)cc1. The van der Waals surface area contributed by atoms with Crippen LogP contribution in [0.5, 0.6) is 5.75 Å². The van der Waals surface area contributed by atoms with Crippen LogP contribution in [-0.4, -0.2) is 63.6 Å². The number of hydrogen-bond donors (Lipinski definition) is 0. The van der Waals surface area contributed by atoms with Crippen LogP contribution in [-0.2, 0) is 46.4 Å². The fourth-order valence-electron chi connectivity index (χ4n) is 4.86. The zero-order valence-corrected chi connectivity index (χ0v) is 21.5. The van der Waals surface area contributed by atoms with Crippen LogP contribution in [0.3, 0.4) is 0 Å². The molecule has 1 aliphatic heterocycles. The average Bonchev–Trinajstić information content (AvgIpc) is 2.92. The van der Waals surface area contributed by atoms with Crippen molar-refractivity contribution < 1.29 is 38.0 Å². The molecule has 2 aromatic rings. The summed E-state index contributed by atoms with van der Waals surface area (Å²) in [6.07, 6.45) is -0.804. The van der Waals surface area contributed by atoms with Crippen molar-refractivity contribution in [1.29, 1.82) is 0 Å². The molecule has 4 rings (SSSR count). The molecule has 8 heteroatoms. The van der Waals surface area contributed by atoms with Gasteiger partial charge in [0.15, 0.2) is 0 Å². The Morgan fingerprint density at radius 1 is 0.833 bits per heavy atom. The lowest BCUT2D eigenvalue weighted by Crippen LogP contribution is -2.71. The molecule has 8 nitrogen and oxygen atoms in total. The normalized spacial score (nSPS) is 34.1. The molecule has 0 aromatic heterocycles. The van der Waals surface area contributed by atoms with E-state index in [2.05, 4.69) is 0 Å². The average molecular weight is 501 g/mol. The van der Waals surface area contributed by atoms with E-state index in [0.29, 0.717) is 19.6 Å². The third-order valence-electron chi connectivity index (χ3n) is 7.35. The number of rotatable bonds is 10. The van der Waals surface area contributed by atoms with Crippen LogP contribution in [0.4, 0.5) is 0 Å². The number of ether oxygens (including phenoxy) is 7. The Hall–Kier alpha value is -2.33. The number of benzene rings is 2. The fraction of sp³-hybridized carbons (Fsp3) is 0.536. The van der Waals surface area contributed by atoms with Crippen LogP contribution in [0.2, 0.25) is 0 Å². The summed E-state index contributed by atoms with van der Waals surface area (Å²) in [6, 6.07) is 17.6. The maximum Gasteiger partial charge on any atom is 0.220 e. The summed E-state index contributed by atoms with van der Waals surface area (Å²) in [7, 11) is 4.70. The van der Waals surface area contributed by atoms with E-state index in [1.54, 1.807) is 21.0 Å². The number of fused-ring (bicyclic) bond motifs is 1. The fourth-order valence-corrected chi connectivity index (χ4v) is 4.86. The first kappa shape index (κ1) is 26.7. The highest BCUT2D eigenvalue weighted by Gasteiger charge is 2.62.